The molecule has 0 heterocycles. The van der Waals surface area contributed by atoms with Crippen molar-refractivity contribution in [2.75, 3.05) is 12.4 Å². The SMILES string of the molecule is COc1ccc(NC(=O)C(C)C(=O)N/N=C/c2cc(Br)c(O)c(Br)c2)cc1. The van der Waals surface area contributed by atoms with Gasteiger partial charge in [0.2, 0.25) is 5.91 Å². The minimum atomic E-state index is -0.942. The van der Waals surface area contributed by atoms with Gasteiger partial charge in [0.25, 0.3) is 5.91 Å². The van der Waals surface area contributed by atoms with Crippen molar-refractivity contribution in [1.29, 1.82) is 0 Å². The Hall–Kier alpha value is -2.39. The van der Waals surface area contributed by atoms with Crippen LogP contribution in [0.25, 0.3) is 0 Å². The maximum Gasteiger partial charge on any atom is 0.252 e. The van der Waals surface area contributed by atoms with Gasteiger partial charge < -0.3 is 15.2 Å². The van der Waals surface area contributed by atoms with E-state index in [0.29, 0.717) is 25.9 Å². The van der Waals surface area contributed by atoms with Gasteiger partial charge >= 0.3 is 0 Å². The second-order valence-corrected chi connectivity index (χ2v) is 7.22. The summed E-state index contributed by atoms with van der Waals surface area (Å²) in [6.07, 6.45) is 1.40. The highest BCUT2D eigenvalue weighted by atomic mass is 79.9. The van der Waals surface area contributed by atoms with Crippen molar-refractivity contribution in [2.24, 2.45) is 11.0 Å². The molecular formula is C18H17Br2N3O4. The monoisotopic (exact) mass is 497 g/mol. The number of carbonyl (C=O) groups excluding carboxylic acids is 2. The second-order valence-electron chi connectivity index (χ2n) is 5.51. The van der Waals surface area contributed by atoms with Gasteiger partial charge in [0.1, 0.15) is 17.4 Å². The number of benzene rings is 2. The molecule has 0 spiro atoms. The van der Waals surface area contributed by atoms with Gasteiger partial charge in [0, 0.05) is 5.69 Å². The largest absolute Gasteiger partial charge is 0.506 e. The molecule has 2 aromatic rings. The van der Waals surface area contributed by atoms with Crippen LogP contribution in [0, 0.1) is 5.92 Å². The van der Waals surface area contributed by atoms with Gasteiger partial charge in [-0.15, -0.1) is 0 Å². The zero-order valence-electron chi connectivity index (χ0n) is 14.5. The molecule has 1 unspecified atom stereocenters. The average molecular weight is 499 g/mol. The number of hydrogen-bond acceptors (Lipinski definition) is 5. The van der Waals surface area contributed by atoms with Gasteiger partial charge in [-0.1, -0.05) is 0 Å². The molecule has 3 N–H and O–H groups in total. The van der Waals surface area contributed by atoms with Crippen molar-refractivity contribution in [3.8, 4) is 11.5 Å². The summed E-state index contributed by atoms with van der Waals surface area (Å²) in [5.41, 5.74) is 3.52. The maximum absolute atomic E-state index is 12.2. The summed E-state index contributed by atoms with van der Waals surface area (Å²) in [5.74, 6) is -1.21. The lowest BCUT2D eigenvalue weighted by atomic mass is 10.1. The number of aromatic hydroxyl groups is 1. The van der Waals surface area contributed by atoms with E-state index in [1.165, 1.54) is 13.1 Å². The Labute approximate surface area is 173 Å². The van der Waals surface area contributed by atoms with Crippen LogP contribution in [-0.4, -0.2) is 30.2 Å². The average Bonchev–Trinajstić information content (AvgIpc) is 2.65. The van der Waals surface area contributed by atoms with E-state index in [1.54, 1.807) is 43.5 Å². The third kappa shape index (κ3) is 5.80. The number of anilines is 1. The normalized spacial score (nSPS) is 11.9. The van der Waals surface area contributed by atoms with Crippen molar-refractivity contribution in [3.05, 3.63) is 50.9 Å². The Morgan fingerprint density at radius 1 is 1.15 bits per heavy atom. The van der Waals surface area contributed by atoms with Gasteiger partial charge in [-0.25, -0.2) is 5.43 Å². The quantitative estimate of drug-likeness (QED) is 0.321. The zero-order chi connectivity index (χ0) is 20.0. The number of nitrogens with one attached hydrogen (secondary N) is 2. The van der Waals surface area contributed by atoms with E-state index in [1.807, 2.05) is 0 Å². The summed E-state index contributed by atoms with van der Waals surface area (Å²) in [4.78, 5) is 24.3. The van der Waals surface area contributed by atoms with Crippen LogP contribution < -0.4 is 15.5 Å². The molecule has 0 aliphatic carbocycles. The summed E-state index contributed by atoms with van der Waals surface area (Å²) >= 11 is 6.42. The minimum Gasteiger partial charge on any atom is -0.506 e. The standard InChI is InChI=1S/C18H17Br2N3O4/c1-10(17(25)22-12-3-5-13(27-2)6-4-12)18(26)23-21-9-11-7-14(19)16(24)15(20)8-11/h3-10,24H,1-2H3,(H,22,25)(H,23,26)/b21-9+. The topological polar surface area (TPSA) is 100 Å². The summed E-state index contributed by atoms with van der Waals surface area (Å²) in [7, 11) is 1.55. The number of amides is 2. The fourth-order valence-electron chi connectivity index (χ4n) is 1.97. The van der Waals surface area contributed by atoms with Crippen molar-refractivity contribution >= 4 is 55.6 Å². The third-order valence-corrected chi connectivity index (χ3v) is 4.78. The number of nitrogens with zero attached hydrogens (tertiary/aromatic N) is 1. The maximum atomic E-state index is 12.2. The van der Waals surface area contributed by atoms with E-state index < -0.39 is 17.7 Å². The summed E-state index contributed by atoms with van der Waals surface area (Å²) in [6.45, 7) is 1.48. The van der Waals surface area contributed by atoms with E-state index in [2.05, 4.69) is 47.7 Å². The zero-order valence-corrected chi connectivity index (χ0v) is 17.7. The van der Waals surface area contributed by atoms with Crippen LogP contribution in [0.4, 0.5) is 5.69 Å². The van der Waals surface area contributed by atoms with Crippen molar-refractivity contribution in [1.82, 2.24) is 5.43 Å². The molecule has 0 saturated carbocycles. The van der Waals surface area contributed by atoms with Crippen molar-refractivity contribution < 1.29 is 19.4 Å². The van der Waals surface area contributed by atoms with Crippen LogP contribution in [0.15, 0.2) is 50.4 Å². The molecule has 9 heteroatoms. The Kier molecular flexibility index (Phi) is 7.37. The smallest absolute Gasteiger partial charge is 0.252 e. The molecule has 2 amide bonds. The Morgan fingerprint density at radius 2 is 1.74 bits per heavy atom. The van der Waals surface area contributed by atoms with Crippen LogP contribution in [0.1, 0.15) is 12.5 Å². The molecule has 7 nitrogen and oxygen atoms in total. The minimum absolute atomic E-state index is 0.0695. The molecule has 2 aromatic carbocycles. The van der Waals surface area contributed by atoms with Crippen LogP contribution in [0.5, 0.6) is 11.5 Å². The summed E-state index contributed by atoms with van der Waals surface area (Å²) in [6, 6.07) is 10.0. The molecule has 142 valence electrons. The van der Waals surface area contributed by atoms with E-state index in [9.17, 15) is 14.7 Å². The van der Waals surface area contributed by atoms with Crippen LogP contribution >= 0.6 is 31.9 Å². The van der Waals surface area contributed by atoms with Crippen LogP contribution in [0.2, 0.25) is 0 Å². The highest BCUT2D eigenvalue weighted by Crippen LogP contribution is 2.32. The molecule has 0 aromatic heterocycles. The summed E-state index contributed by atoms with van der Waals surface area (Å²) in [5, 5.41) is 16.2. The first-order valence-electron chi connectivity index (χ1n) is 7.77. The van der Waals surface area contributed by atoms with Gasteiger partial charge in [0.05, 0.1) is 22.3 Å². The molecule has 0 aliphatic rings. The third-order valence-electron chi connectivity index (χ3n) is 3.57. The number of phenols is 1. The lowest BCUT2D eigenvalue weighted by Crippen LogP contribution is -2.34. The van der Waals surface area contributed by atoms with Gasteiger partial charge in [-0.2, -0.15) is 5.10 Å². The Morgan fingerprint density at radius 3 is 2.30 bits per heavy atom. The van der Waals surface area contributed by atoms with Crippen molar-refractivity contribution in [2.45, 2.75) is 6.92 Å². The molecule has 27 heavy (non-hydrogen) atoms. The number of rotatable bonds is 6. The summed E-state index contributed by atoms with van der Waals surface area (Å²) < 4.78 is 6.02. The highest BCUT2D eigenvalue weighted by molar-refractivity contribution is 9.11. The fourth-order valence-corrected chi connectivity index (χ4v) is 3.19. The van der Waals surface area contributed by atoms with Crippen molar-refractivity contribution in [3.63, 3.8) is 0 Å². The Balaban J connectivity index is 1.93. The molecule has 0 saturated heterocycles. The number of methoxy groups -OCH3 is 1. The first kappa shape index (κ1) is 20.9. The number of ether oxygens (including phenoxy) is 1. The van der Waals surface area contributed by atoms with E-state index in [4.69, 9.17) is 4.74 Å². The molecule has 0 aliphatic heterocycles. The fraction of sp³-hybridized carbons (Fsp3) is 0.167. The van der Waals surface area contributed by atoms with Gasteiger partial charge in [-0.3, -0.25) is 9.59 Å². The lowest BCUT2D eigenvalue weighted by Gasteiger charge is -2.11. The predicted octanol–water partition coefficient (Wildman–Crippen LogP) is 3.65. The van der Waals surface area contributed by atoms with Crippen LogP contribution in [0.3, 0.4) is 0 Å². The van der Waals surface area contributed by atoms with E-state index in [-0.39, 0.29) is 5.75 Å². The number of hydrogen-bond donors (Lipinski definition) is 3. The molecule has 0 radical (unpaired) electrons. The van der Waals surface area contributed by atoms with Gasteiger partial charge in [-0.05, 0) is 80.7 Å². The predicted molar refractivity (Wildman–Crippen MR) is 110 cm³/mol. The number of phenolic OH excluding ortho intramolecular Hbond substituents is 1. The number of halogens is 2. The van der Waals surface area contributed by atoms with E-state index in [0.717, 1.165) is 0 Å². The molecule has 1 atom stereocenters. The molecule has 0 fully saturated rings. The van der Waals surface area contributed by atoms with Gasteiger partial charge in [0.15, 0.2) is 0 Å². The highest BCUT2D eigenvalue weighted by Gasteiger charge is 2.21. The number of carbonyl (C=O) groups is 2. The molecule has 0 bridgehead atoms. The van der Waals surface area contributed by atoms with E-state index >= 15 is 0 Å². The molecular weight excluding hydrogens is 482 g/mol. The first-order chi connectivity index (χ1) is 12.8. The first-order valence-corrected chi connectivity index (χ1v) is 9.36. The lowest BCUT2D eigenvalue weighted by molar-refractivity contribution is -0.131. The Bertz CT molecular complexity index is 846. The second kappa shape index (κ2) is 9.52. The van der Waals surface area contributed by atoms with Crippen LogP contribution in [-0.2, 0) is 9.59 Å². The molecule has 2 rings (SSSR count). The number of hydrazone groups is 1.